The predicted molar refractivity (Wildman–Crippen MR) is 38.4 cm³/mol. The van der Waals surface area contributed by atoms with Crippen molar-refractivity contribution in [1.82, 2.24) is 0 Å². The summed E-state index contributed by atoms with van der Waals surface area (Å²) in [4.78, 5) is 10.8. The molecule has 0 radical (unpaired) electrons. The Labute approximate surface area is 60.2 Å². The lowest BCUT2D eigenvalue weighted by Gasteiger charge is -1.96. The van der Waals surface area contributed by atoms with Crippen molar-refractivity contribution >= 4 is 5.97 Å². The van der Waals surface area contributed by atoms with Gasteiger partial charge in [-0.25, -0.2) is 4.79 Å². The lowest BCUT2D eigenvalue weighted by molar-refractivity contribution is -0.135. The molecule has 1 saturated heterocycles. The molecular formula is C8H10O2. The summed E-state index contributed by atoms with van der Waals surface area (Å²) in [5.41, 5.74) is 0.731. The van der Waals surface area contributed by atoms with E-state index in [2.05, 4.69) is 6.58 Å². The lowest BCUT2D eigenvalue weighted by atomic mass is 10.0. The van der Waals surface area contributed by atoms with Gasteiger partial charge in [0.2, 0.25) is 0 Å². The summed E-state index contributed by atoms with van der Waals surface area (Å²) in [6, 6.07) is 0. The molecule has 0 N–H and O–H groups in total. The topological polar surface area (TPSA) is 26.3 Å². The van der Waals surface area contributed by atoms with E-state index in [1.165, 1.54) is 0 Å². The maximum Gasteiger partial charge on any atom is 0.334 e. The number of allylic oxidation sites excluding steroid dienone is 1. The Morgan fingerprint density at radius 1 is 1.80 bits per heavy atom. The summed E-state index contributed by atoms with van der Waals surface area (Å²) in [5.74, 6) is -0.0927. The SMILES string of the molecule is C=CC1COC(=O)/C1=C\C. The van der Waals surface area contributed by atoms with Crippen molar-refractivity contribution < 1.29 is 9.53 Å². The second-order valence-electron chi connectivity index (χ2n) is 2.18. The highest BCUT2D eigenvalue weighted by Gasteiger charge is 2.26. The monoisotopic (exact) mass is 138 g/mol. The first-order chi connectivity index (χ1) is 4.79. The summed E-state index contributed by atoms with van der Waals surface area (Å²) in [5, 5.41) is 0. The largest absolute Gasteiger partial charge is 0.461 e. The van der Waals surface area contributed by atoms with Crippen molar-refractivity contribution in [1.29, 1.82) is 0 Å². The average Bonchev–Trinajstić information content (AvgIpc) is 2.30. The molecule has 1 fully saturated rings. The predicted octanol–water partition coefficient (Wildman–Crippen LogP) is 1.29. The van der Waals surface area contributed by atoms with E-state index in [4.69, 9.17) is 4.74 Å². The third-order valence-corrected chi connectivity index (χ3v) is 1.62. The minimum atomic E-state index is -0.201. The standard InChI is InChI=1S/C8H10O2/c1-3-6-5-10-8(9)7(6)4-2/h3-4,6H,1,5H2,2H3/b7-4-. The van der Waals surface area contributed by atoms with Gasteiger partial charge in [0.05, 0.1) is 0 Å². The highest BCUT2D eigenvalue weighted by atomic mass is 16.5. The van der Waals surface area contributed by atoms with Crippen molar-refractivity contribution in [3.05, 3.63) is 24.3 Å². The molecule has 1 aliphatic rings. The van der Waals surface area contributed by atoms with Gasteiger partial charge in [0.1, 0.15) is 6.61 Å². The van der Waals surface area contributed by atoms with E-state index in [0.29, 0.717) is 6.61 Å². The Balaban J connectivity index is 2.82. The third kappa shape index (κ3) is 0.967. The van der Waals surface area contributed by atoms with E-state index < -0.39 is 0 Å². The van der Waals surface area contributed by atoms with Crippen LogP contribution < -0.4 is 0 Å². The van der Waals surface area contributed by atoms with Gasteiger partial charge in [-0.05, 0) is 6.92 Å². The van der Waals surface area contributed by atoms with Crippen LogP contribution in [0.2, 0.25) is 0 Å². The van der Waals surface area contributed by atoms with Crippen molar-refractivity contribution in [3.8, 4) is 0 Å². The molecule has 1 rings (SSSR count). The first-order valence-corrected chi connectivity index (χ1v) is 3.25. The van der Waals surface area contributed by atoms with Gasteiger partial charge in [0, 0.05) is 11.5 Å². The molecule has 54 valence electrons. The zero-order valence-corrected chi connectivity index (χ0v) is 5.96. The number of cyclic esters (lactones) is 1. The molecule has 0 bridgehead atoms. The van der Waals surface area contributed by atoms with E-state index in [9.17, 15) is 4.79 Å². The molecule has 0 spiro atoms. The summed E-state index contributed by atoms with van der Waals surface area (Å²) in [6.45, 7) is 5.89. The van der Waals surface area contributed by atoms with Gasteiger partial charge in [-0.2, -0.15) is 0 Å². The highest BCUT2D eigenvalue weighted by Crippen LogP contribution is 2.21. The van der Waals surface area contributed by atoms with Gasteiger partial charge in [-0.3, -0.25) is 0 Å². The molecule has 10 heavy (non-hydrogen) atoms. The molecule has 0 aromatic carbocycles. The van der Waals surface area contributed by atoms with Crippen LogP contribution in [0.4, 0.5) is 0 Å². The molecule has 0 aromatic rings. The van der Waals surface area contributed by atoms with Crippen LogP contribution in [-0.4, -0.2) is 12.6 Å². The van der Waals surface area contributed by atoms with Crippen LogP contribution in [0.25, 0.3) is 0 Å². The van der Waals surface area contributed by atoms with Crippen molar-refractivity contribution in [2.45, 2.75) is 6.92 Å². The fraction of sp³-hybridized carbons (Fsp3) is 0.375. The fourth-order valence-electron chi connectivity index (χ4n) is 1.02. The van der Waals surface area contributed by atoms with Crippen molar-refractivity contribution in [3.63, 3.8) is 0 Å². The number of ether oxygens (including phenoxy) is 1. The Kier molecular flexibility index (Phi) is 1.90. The Morgan fingerprint density at radius 2 is 2.50 bits per heavy atom. The number of rotatable bonds is 1. The zero-order chi connectivity index (χ0) is 7.56. The Bertz CT molecular complexity index is 191. The summed E-state index contributed by atoms with van der Waals surface area (Å²) in [6.07, 6.45) is 3.52. The molecule has 1 heterocycles. The molecule has 1 atom stereocenters. The number of hydrogen-bond acceptors (Lipinski definition) is 2. The van der Waals surface area contributed by atoms with Gasteiger partial charge in [0.15, 0.2) is 0 Å². The van der Waals surface area contributed by atoms with E-state index in [1.807, 2.05) is 6.92 Å². The van der Waals surface area contributed by atoms with Crippen LogP contribution >= 0.6 is 0 Å². The highest BCUT2D eigenvalue weighted by molar-refractivity contribution is 5.91. The molecule has 0 aromatic heterocycles. The van der Waals surface area contributed by atoms with Gasteiger partial charge in [0.25, 0.3) is 0 Å². The first kappa shape index (κ1) is 7.06. The van der Waals surface area contributed by atoms with E-state index >= 15 is 0 Å². The normalized spacial score (nSPS) is 28.7. The van der Waals surface area contributed by atoms with Crippen molar-refractivity contribution in [2.24, 2.45) is 5.92 Å². The molecule has 1 unspecified atom stereocenters. The maximum atomic E-state index is 10.8. The van der Waals surface area contributed by atoms with Crippen LogP contribution in [0.1, 0.15) is 6.92 Å². The molecule has 1 aliphatic heterocycles. The Hall–Kier alpha value is -1.05. The molecule has 0 aliphatic carbocycles. The van der Waals surface area contributed by atoms with Gasteiger partial charge >= 0.3 is 5.97 Å². The van der Waals surface area contributed by atoms with E-state index in [0.717, 1.165) is 5.57 Å². The number of esters is 1. The van der Waals surface area contributed by atoms with Gasteiger partial charge in [-0.15, -0.1) is 6.58 Å². The fourth-order valence-corrected chi connectivity index (χ4v) is 1.02. The molecule has 0 saturated carbocycles. The van der Waals surface area contributed by atoms with Crippen molar-refractivity contribution in [2.75, 3.05) is 6.61 Å². The van der Waals surface area contributed by atoms with Crippen LogP contribution in [0.3, 0.4) is 0 Å². The van der Waals surface area contributed by atoms with Crippen LogP contribution in [0.15, 0.2) is 24.3 Å². The maximum absolute atomic E-state index is 10.8. The number of carbonyl (C=O) groups excluding carboxylic acids is 1. The third-order valence-electron chi connectivity index (χ3n) is 1.62. The van der Waals surface area contributed by atoms with Gasteiger partial charge < -0.3 is 4.74 Å². The Morgan fingerprint density at radius 3 is 2.90 bits per heavy atom. The van der Waals surface area contributed by atoms with Gasteiger partial charge in [-0.1, -0.05) is 12.2 Å². The van der Waals surface area contributed by atoms with Crippen LogP contribution in [0.5, 0.6) is 0 Å². The van der Waals surface area contributed by atoms with Crippen LogP contribution in [-0.2, 0) is 9.53 Å². The number of carbonyl (C=O) groups is 1. The molecule has 2 nitrogen and oxygen atoms in total. The lowest BCUT2D eigenvalue weighted by Crippen LogP contribution is -1.98. The zero-order valence-electron chi connectivity index (χ0n) is 5.96. The quantitative estimate of drug-likeness (QED) is 0.310. The summed E-state index contributed by atoms with van der Waals surface area (Å²) in [7, 11) is 0. The number of hydrogen-bond donors (Lipinski definition) is 0. The summed E-state index contributed by atoms with van der Waals surface area (Å²) >= 11 is 0. The molecular weight excluding hydrogens is 128 g/mol. The minimum absolute atomic E-state index is 0.109. The van der Waals surface area contributed by atoms with E-state index in [-0.39, 0.29) is 11.9 Å². The van der Waals surface area contributed by atoms with E-state index in [1.54, 1.807) is 12.2 Å². The smallest absolute Gasteiger partial charge is 0.334 e. The second kappa shape index (κ2) is 2.69. The van der Waals surface area contributed by atoms with Crippen LogP contribution in [0, 0.1) is 5.92 Å². The molecule has 0 amide bonds. The molecule has 2 heteroatoms. The first-order valence-electron chi connectivity index (χ1n) is 3.25. The second-order valence-corrected chi connectivity index (χ2v) is 2.18. The summed E-state index contributed by atoms with van der Waals surface area (Å²) < 4.78 is 4.78. The average molecular weight is 138 g/mol. The minimum Gasteiger partial charge on any atom is -0.461 e.